The molecule has 2 aliphatic rings. The highest BCUT2D eigenvalue weighted by Gasteiger charge is 2.37. The van der Waals surface area contributed by atoms with Crippen LogP contribution in [0.4, 0.5) is 4.79 Å². The van der Waals surface area contributed by atoms with Crippen LogP contribution >= 0.6 is 0 Å². The minimum Gasteiger partial charge on any atom is -0.481 e. The summed E-state index contributed by atoms with van der Waals surface area (Å²) in [6, 6.07) is 0.816. The lowest BCUT2D eigenvalue weighted by Gasteiger charge is -2.35. The van der Waals surface area contributed by atoms with Gasteiger partial charge in [-0.3, -0.25) is 4.79 Å². The van der Waals surface area contributed by atoms with Gasteiger partial charge in [-0.05, 0) is 51.4 Å². The Kier molecular flexibility index (Phi) is 5.12. The Balaban J connectivity index is 1.87. The van der Waals surface area contributed by atoms with Crippen molar-refractivity contribution in [1.29, 1.82) is 0 Å². The van der Waals surface area contributed by atoms with Gasteiger partial charge in [0, 0.05) is 18.1 Å². The number of hydrogen-bond donors (Lipinski definition) is 2. The SMILES string of the molecule is CC(C)C(C)N(C(=O)NC1CCC(C(=O)O)CC1)C1CC1. The quantitative estimate of drug-likeness (QED) is 0.819. The van der Waals surface area contributed by atoms with Crippen molar-refractivity contribution in [2.75, 3.05) is 0 Å². The standard InChI is InChI=1S/C16H28N2O3/c1-10(2)11(3)18(14-8-9-14)16(21)17-13-6-4-12(5-7-13)15(19)20/h10-14H,4-9H2,1-3H3,(H,17,21)(H,19,20). The topological polar surface area (TPSA) is 69.6 Å². The normalized spacial score (nSPS) is 27.2. The third kappa shape index (κ3) is 4.11. The highest BCUT2D eigenvalue weighted by atomic mass is 16.4. The maximum atomic E-state index is 12.6. The molecule has 5 nitrogen and oxygen atoms in total. The predicted octanol–water partition coefficient (Wildman–Crippen LogP) is 2.85. The van der Waals surface area contributed by atoms with Crippen LogP contribution < -0.4 is 5.32 Å². The molecule has 2 N–H and O–H groups in total. The van der Waals surface area contributed by atoms with E-state index in [1.165, 1.54) is 0 Å². The fourth-order valence-corrected chi connectivity index (χ4v) is 3.09. The molecule has 1 atom stereocenters. The number of nitrogens with zero attached hydrogens (tertiary/aromatic N) is 1. The molecule has 120 valence electrons. The zero-order chi connectivity index (χ0) is 15.6. The molecule has 2 saturated carbocycles. The molecule has 2 aliphatic carbocycles. The van der Waals surface area contributed by atoms with E-state index in [2.05, 4.69) is 26.1 Å². The van der Waals surface area contributed by atoms with Crippen LogP contribution in [-0.4, -0.2) is 40.1 Å². The molecule has 0 bridgehead atoms. The summed E-state index contributed by atoms with van der Waals surface area (Å²) < 4.78 is 0. The van der Waals surface area contributed by atoms with Crippen molar-refractivity contribution in [2.45, 2.75) is 77.4 Å². The Morgan fingerprint density at radius 1 is 1.05 bits per heavy atom. The average molecular weight is 296 g/mol. The van der Waals surface area contributed by atoms with Gasteiger partial charge in [-0.2, -0.15) is 0 Å². The Morgan fingerprint density at radius 2 is 1.62 bits per heavy atom. The lowest BCUT2D eigenvalue weighted by molar-refractivity contribution is -0.142. The largest absolute Gasteiger partial charge is 0.481 e. The summed E-state index contributed by atoms with van der Waals surface area (Å²) in [5.74, 6) is -0.487. The van der Waals surface area contributed by atoms with E-state index >= 15 is 0 Å². The van der Waals surface area contributed by atoms with Gasteiger partial charge in [-0.1, -0.05) is 13.8 Å². The fourth-order valence-electron chi connectivity index (χ4n) is 3.09. The van der Waals surface area contributed by atoms with Gasteiger partial charge in [0.15, 0.2) is 0 Å². The molecule has 2 fully saturated rings. The summed E-state index contributed by atoms with van der Waals surface area (Å²) in [6.07, 6.45) is 5.11. The number of carboxylic acids is 1. The van der Waals surface area contributed by atoms with E-state index in [4.69, 9.17) is 5.11 Å². The number of nitrogens with one attached hydrogen (secondary N) is 1. The molecule has 0 spiro atoms. The number of rotatable bonds is 5. The molecular weight excluding hydrogens is 268 g/mol. The fraction of sp³-hybridized carbons (Fsp3) is 0.875. The third-order valence-corrected chi connectivity index (χ3v) is 4.98. The first kappa shape index (κ1) is 16.1. The van der Waals surface area contributed by atoms with Crippen LogP contribution in [-0.2, 0) is 4.79 Å². The van der Waals surface area contributed by atoms with Crippen molar-refractivity contribution in [2.24, 2.45) is 11.8 Å². The first-order valence-corrected chi connectivity index (χ1v) is 8.21. The second-order valence-electron chi connectivity index (χ2n) is 6.96. The van der Waals surface area contributed by atoms with Gasteiger partial charge in [0.25, 0.3) is 0 Å². The number of carbonyl (C=O) groups is 2. The zero-order valence-corrected chi connectivity index (χ0v) is 13.3. The van der Waals surface area contributed by atoms with E-state index in [0.29, 0.717) is 24.8 Å². The van der Waals surface area contributed by atoms with Crippen LogP contribution in [0.5, 0.6) is 0 Å². The maximum Gasteiger partial charge on any atom is 0.318 e. The lowest BCUT2D eigenvalue weighted by Crippen LogP contribution is -2.51. The number of urea groups is 1. The minimum absolute atomic E-state index is 0.0393. The summed E-state index contributed by atoms with van der Waals surface area (Å²) >= 11 is 0. The number of aliphatic carboxylic acids is 1. The molecule has 0 aromatic rings. The van der Waals surface area contributed by atoms with Crippen LogP contribution in [0.15, 0.2) is 0 Å². The highest BCUT2D eigenvalue weighted by Crippen LogP contribution is 2.31. The van der Waals surface area contributed by atoms with Crippen LogP contribution in [0.25, 0.3) is 0 Å². The first-order chi connectivity index (χ1) is 9.90. The van der Waals surface area contributed by atoms with Crippen molar-refractivity contribution in [3.05, 3.63) is 0 Å². The van der Waals surface area contributed by atoms with Crippen molar-refractivity contribution in [1.82, 2.24) is 10.2 Å². The van der Waals surface area contributed by atoms with Crippen LogP contribution in [0, 0.1) is 11.8 Å². The van der Waals surface area contributed by atoms with E-state index in [9.17, 15) is 9.59 Å². The maximum absolute atomic E-state index is 12.6. The Hall–Kier alpha value is -1.26. The van der Waals surface area contributed by atoms with Gasteiger partial charge >= 0.3 is 12.0 Å². The number of carbonyl (C=O) groups excluding carboxylic acids is 1. The molecule has 21 heavy (non-hydrogen) atoms. The summed E-state index contributed by atoms with van der Waals surface area (Å²) in [5.41, 5.74) is 0. The molecule has 2 amide bonds. The van der Waals surface area contributed by atoms with E-state index in [1.807, 2.05) is 4.90 Å². The van der Waals surface area contributed by atoms with Gasteiger partial charge in [0.2, 0.25) is 0 Å². The molecule has 0 aromatic carbocycles. The van der Waals surface area contributed by atoms with E-state index < -0.39 is 5.97 Å². The highest BCUT2D eigenvalue weighted by molar-refractivity contribution is 5.76. The van der Waals surface area contributed by atoms with Crippen molar-refractivity contribution >= 4 is 12.0 Å². The summed E-state index contributed by atoms with van der Waals surface area (Å²) in [4.78, 5) is 25.5. The predicted molar refractivity (Wildman–Crippen MR) is 81.1 cm³/mol. The number of carboxylic acid groups (broad SMARTS) is 1. The van der Waals surface area contributed by atoms with Gasteiger partial charge in [-0.15, -0.1) is 0 Å². The average Bonchev–Trinajstić information content (AvgIpc) is 3.24. The molecule has 1 unspecified atom stereocenters. The monoisotopic (exact) mass is 296 g/mol. The Labute approximate surface area is 127 Å². The van der Waals surface area contributed by atoms with Gasteiger partial charge in [-0.25, -0.2) is 4.79 Å². The van der Waals surface area contributed by atoms with E-state index in [1.54, 1.807) is 0 Å². The van der Waals surface area contributed by atoms with E-state index in [0.717, 1.165) is 25.7 Å². The van der Waals surface area contributed by atoms with Crippen LogP contribution in [0.2, 0.25) is 0 Å². The Bertz CT molecular complexity index is 385. The minimum atomic E-state index is -0.701. The van der Waals surface area contributed by atoms with E-state index in [-0.39, 0.29) is 24.0 Å². The van der Waals surface area contributed by atoms with Crippen molar-refractivity contribution < 1.29 is 14.7 Å². The molecule has 5 heteroatoms. The van der Waals surface area contributed by atoms with Crippen LogP contribution in [0.1, 0.15) is 59.3 Å². The number of amides is 2. The Morgan fingerprint density at radius 3 is 2.05 bits per heavy atom. The van der Waals surface area contributed by atoms with Crippen molar-refractivity contribution in [3.63, 3.8) is 0 Å². The lowest BCUT2D eigenvalue weighted by atomic mass is 9.86. The summed E-state index contributed by atoms with van der Waals surface area (Å²) in [5, 5.41) is 12.1. The van der Waals surface area contributed by atoms with Gasteiger partial charge in [0.1, 0.15) is 0 Å². The van der Waals surface area contributed by atoms with Crippen LogP contribution in [0.3, 0.4) is 0 Å². The molecule has 0 saturated heterocycles. The third-order valence-electron chi connectivity index (χ3n) is 4.98. The van der Waals surface area contributed by atoms with Crippen molar-refractivity contribution in [3.8, 4) is 0 Å². The van der Waals surface area contributed by atoms with Gasteiger partial charge in [0.05, 0.1) is 5.92 Å². The molecule has 0 radical (unpaired) electrons. The summed E-state index contributed by atoms with van der Waals surface area (Å²) in [7, 11) is 0. The molecule has 2 rings (SSSR count). The zero-order valence-electron chi connectivity index (χ0n) is 13.3. The smallest absolute Gasteiger partial charge is 0.318 e. The molecule has 0 heterocycles. The molecular formula is C16H28N2O3. The summed E-state index contributed by atoms with van der Waals surface area (Å²) in [6.45, 7) is 6.40. The molecule has 0 aliphatic heterocycles. The first-order valence-electron chi connectivity index (χ1n) is 8.21. The second-order valence-corrected chi connectivity index (χ2v) is 6.96. The number of hydrogen-bond acceptors (Lipinski definition) is 2. The van der Waals surface area contributed by atoms with Gasteiger partial charge < -0.3 is 15.3 Å². The second kappa shape index (κ2) is 6.67. The molecule has 0 aromatic heterocycles.